The molecule has 2 unspecified atom stereocenters. The predicted molar refractivity (Wildman–Crippen MR) is 156 cm³/mol. The van der Waals surface area contributed by atoms with E-state index < -0.39 is 6.04 Å². The first-order valence-corrected chi connectivity index (χ1v) is 13.5. The first-order valence-electron chi connectivity index (χ1n) is 13.5. The maximum absolute atomic E-state index is 13.7. The summed E-state index contributed by atoms with van der Waals surface area (Å²) in [5.41, 5.74) is 9.82. The number of piperazine rings is 1. The lowest BCUT2D eigenvalue weighted by molar-refractivity contribution is -0.118. The molecule has 2 atom stereocenters. The standard InChI is InChI=1S/C31H34N6O3/c1-21(26-20-33-27-13-6-5-12-25(26)27)28(29(38)34-24-11-7-8-22(18-24)19-32)35-31(40)37-16-14-36(15-17-37)30(39)23-9-3-2-4-10-23/h2-13,18,20-21,28,33H,14-17,19,32H2,1H3,(H,34,38)(H,35,40). The van der Waals surface area contributed by atoms with Gasteiger partial charge in [-0.25, -0.2) is 4.79 Å². The number of para-hydroxylation sites is 1. The second kappa shape index (κ2) is 12.0. The normalized spacial score (nSPS) is 14.9. The third-order valence-electron chi connectivity index (χ3n) is 7.48. The number of carbonyl (C=O) groups is 3. The van der Waals surface area contributed by atoms with Crippen LogP contribution in [0.15, 0.2) is 85.1 Å². The Morgan fingerprint density at radius 1 is 0.900 bits per heavy atom. The van der Waals surface area contributed by atoms with Crippen LogP contribution in [-0.4, -0.2) is 64.9 Å². The number of H-pyrrole nitrogens is 1. The number of hydrogen-bond donors (Lipinski definition) is 4. The fourth-order valence-corrected chi connectivity index (χ4v) is 5.16. The van der Waals surface area contributed by atoms with Crippen LogP contribution in [0.1, 0.15) is 34.3 Å². The van der Waals surface area contributed by atoms with Crippen LogP contribution in [0, 0.1) is 0 Å². The number of anilines is 1. The monoisotopic (exact) mass is 538 g/mol. The molecular weight excluding hydrogens is 504 g/mol. The van der Waals surface area contributed by atoms with Crippen molar-refractivity contribution in [1.82, 2.24) is 20.1 Å². The molecule has 4 aromatic rings. The number of carbonyl (C=O) groups excluding carboxylic acids is 3. The SMILES string of the molecule is CC(c1c[nH]c2ccccc12)C(NC(=O)N1CCN(C(=O)c2ccccc2)CC1)C(=O)Nc1cccc(CN)c1. The second-order valence-electron chi connectivity index (χ2n) is 10.0. The van der Waals surface area contributed by atoms with Gasteiger partial charge in [0.15, 0.2) is 0 Å². The molecule has 4 amide bonds. The van der Waals surface area contributed by atoms with E-state index in [0.717, 1.165) is 22.0 Å². The van der Waals surface area contributed by atoms with E-state index in [4.69, 9.17) is 5.73 Å². The molecule has 2 heterocycles. The quantitative estimate of drug-likeness (QED) is 0.285. The predicted octanol–water partition coefficient (Wildman–Crippen LogP) is 3.91. The number of amides is 4. The molecule has 3 aromatic carbocycles. The van der Waals surface area contributed by atoms with E-state index in [1.165, 1.54) is 0 Å². The van der Waals surface area contributed by atoms with Gasteiger partial charge in [0.2, 0.25) is 5.91 Å². The minimum atomic E-state index is -0.850. The zero-order valence-electron chi connectivity index (χ0n) is 22.5. The molecule has 40 heavy (non-hydrogen) atoms. The number of fused-ring (bicyclic) bond motifs is 1. The summed E-state index contributed by atoms with van der Waals surface area (Å²) < 4.78 is 0. The third kappa shape index (κ3) is 5.84. The molecule has 0 bridgehead atoms. The second-order valence-corrected chi connectivity index (χ2v) is 10.0. The summed E-state index contributed by atoms with van der Waals surface area (Å²) in [5.74, 6) is -0.706. The molecule has 206 valence electrons. The number of benzene rings is 3. The van der Waals surface area contributed by atoms with E-state index in [9.17, 15) is 14.4 Å². The number of rotatable bonds is 7. The lowest BCUT2D eigenvalue weighted by atomic mass is 9.92. The Balaban J connectivity index is 1.32. The van der Waals surface area contributed by atoms with Crippen LogP contribution < -0.4 is 16.4 Å². The van der Waals surface area contributed by atoms with E-state index in [1.807, 2.05) is 73.8 Å². The van der Waals surface area contributed by atoms with Gasteiger partial charge in [-0.05, 0) is 41.5 Å². The molecular formula is C31H34N6O3. The van der Waals surface area contributed by atoms with Gasteiger partial charge in [0.1, 0.15) is 6.04 Å². The van der Waals surface area contributed by atoms with Crippen molar-refractivity contribution >= 4 is 34.4 Å². The Labute approximate surface area is 233 Å². The average Bonchev–Trinajstić information content (AvgIpc) is 3.44. The number of nitrogens with two attached hydrogens (primary N) is 1. The van der Waals surface area contributed by atoms with Crippen LogP contribution in [0.25, 0.3) is 10.9 Å². The van der Waals surface area contributed by atoms with Gasteiger partial charge >= 0.3 is 6.03 Å². The number of urea groups is 1. The van der Waals surface area contributed by atoms with E-state index in [1.54, 1.807) is 28.0 Å². The van der Waals surface area contributed by atoms with E-state index in [-0.39, 0.29) is 23.8 Å². The maximum Gasteiger partial charge on any atom is 0.318 e. The van der Waals surface area contributed by atoms with Crippen molar-refractivity contribution < 1.29 is 14.4 Å². The number of aromatic amines is 1. The Kier molecular flexibility index (Phi) is 8.12. The average molecular weight is 539 g/mol. The van der Waals surface area contributed by atoms with Gasteiger partial charge in [-0.15, -0.1) is 0 Å². The summed E-state index contributed by atoms with van der Waals surface area (Å²) >= 11 is 0. The molecule has 9 nitrogen and oxygen atoms in total. The minimum Gasteiger partial charge on any atom is -0.361 e. The van der Waals surface area contributed by atoms with Crippen molar-refractivity contribution in [3.63, 3.8) is 0 Å². The van der Waals surface area contributed by atoms with Gasteiger partial charge < -0.3 is 31.2 Å². The third-order valence-corrected chi connectivity index (χ3v) is 7.48. The fraction of sp³-hybridized carbons (Fsp3) is 0.258. The van der Waals surface area contributed by atoms with E-state index in [0.29, 0.717) is 44.0 Å². The van der Waals surface area contributed by atoms with Gasteiger partial charge in [0, 0.05) is 67.0 Å². The zero-order chi connectivity index (χ0) is 28.1. The smallest absolute Gasteiger partial charge is 0.318 e. The molecule has 0 spiro atoms. The topological polar surface area (TPSA) is 124 Å². The molecule has 1 aliphatic rings. The zero-order valence-corrected chi connectivity index (χ0v) is 22.5. The number of nitrogens with one attached hydrogen (secondary N) is 3. The van der Waals surface area contributed by atoms with Gasteiger partial charge in [-0.1, -0.05) is 55.5 Å². The molecule has 1 aliphatic heterocycles. The Hall–Kier alpha value is -4.63. The summed E-state index contributed by atoms with van der Waals surface area (Å²) in [4.78, 5) is 46.6. The molecule has 9 heteroatoms. The Bertz CT molecular complexity index is 1490. The Morgan fingerprint density at radius 3 is 2.35 bits per heavy atom. The van der Waals surface area contributed by atoms with Gasteiger partial charge in [0.25, 0.3) is 5.91 Å². The van der Waals surface area contributed by atoms with E-state index >= 15 is 0 Å². The molecule has 0 radical (unpaired) electrons. The van der Waals surface area contributed by atoms with Crippen LogP contribution in [-0.2, 0) is 11.3 Å². The molecule has 1 aromatic heterocycles. The number of aromatic nitrogens is 1. The van der Waals surface area contributed by atoms with Crippen molar-refractivity contribution in [2.75, 3.05) is 31.5 Å². The summed E-state index contributed by atoms with van der Waals surface area (Å²) in [6.07, 6.45) is 1.89. The van der Waals surface area contributed by atoms with Crippen LogP contribution >= 0.6 is 0 Å². The molecule has 0 saturated carbocycles. The lowest BCUT2D eigenvalue weighted by Crippen LogP contribution is -2.57. The Morgan fingerprint density at radius 2 is 1.60 bits per heavy atom. The van der Waals surface area contributed by atoms with Crippen molar-refractivity contribution in [2.24, 2.45) is 5.73 Å². The largest absolute Gasteiger partial charge is 0.361 e. The highest BCUT2D eigenvalue weighted by Gasteiger charge is 2.32. The highest BCUT2D eigenvalue weighted by molar-refractivity contribution is 5.98. The fourth-order valence-electron chi connectivity index (χ4n) is 5.16. The number of nitrogens with zero attached hydrogens (tertiary/aromatic N) is 2. The summed E-state index contributed by atoms with van der Waals surface area (Å²) in [5, 5.41) is 6.96. The summed E-state index contributed by atoms with van der Waals surface area (Å²) in [7, 11) is 0. The molecule has 0 aliphatic carbocycles. The first-order chi connectivity index (χ1) is 19.4. The maximum atomic E-state index is 13.7. The van der Waals surface area contributed by atoms with E-state index in [2.05, 4.69) is 15.6 Å². The van der Waals surface area contributed by atoms with Gasteiger partial charge in [-0.2, -0.15) is 0 Å². The van der Waals surface area contributed by atoms with Crippen LogP contribution in [0.5, 0.6) is 0 Å². The van der Waals surface area contributed by atoms with Crippen molar-refractivity contribution in [1.29, 1.82) is 0 Å². The highest BCUT2D eigenvalue weighted by Crippen LogP contribution is 2.28. The summed E-state index contributed by atoms with van der Waals surface area (Å²) in [6.45, 7) is 3.88. The van der Waals surface area contributed by atoms with Crippen molar-refractivity contribution in [3.8, 4) is 0 Å². The molecule has 1 saturated heterocycles. The van der Waals surface area contributed by atoms with Crippen LogP contribution in [0.3, 0.4) is 0 Å². The van der Waals surface area contributed by atoms with Crippen LogP contribution in [0.4, 0.5) is 10.5 Å². The molecule has 5 rings (SSSR count). The lowest BCUT2D eigenvalue weighted by Gasteiger charge is -2.36. The first kappa shape index (κ1) is 27.0. The van der Waals surface area contributed by atoms with Gasteiger partial charge in [-0.3, -0.25) is 9.59 Å². The van der Waals surface area contributed by atoms with Crippen molar-refractivity contribution in [3.05, 3.63) is 102 Å². The molecule has 1 fully saturated rings. The summed E-state index contributed by atoms with van der Waals surface area (Å²) in [6, 6.07) is 23.2. The van der Waals surface area contributed by atoms with Crippen LogP contribution in [0.2, 0.25) is 0 Å². The van der Waals surface area contributed by atoms with Crippen molar-refractivity contribution in [2.45, 2.75) is 25.4 Å². The minimum absolute atomic E-state index is 0.0504. The number of hydrogen-bond acceptors (Lipinski definition) is 4. The molecule has 5 N–H and O–H groups in total. The van der Waals surface area contributed by atoms with Gasteiger partial charge in [0.05, 0.1) is 0 Å². The highest BCUT2D eigenvalue weighted by atomic mass is 16.2.